The van der Waals surface area contributed by atoms with Crippen LogP contribution >= 0.6 is 0 Å². The molecule has 2 aliphatic heterocycles. The fourth-order valence-electron chi connectivity index (χ4n) is 2.57. The minimum absolute atomic E-state index is 0.313. The molecule has 19 heavy (non-hydrogen) atoms. The predicted molar refractivity (Wildman–Crippen MR) is 68.9 cm³/mol. The van der Waals surface area contributed by atoms with Gasteiger partial charge in [-0.15, -0.1) is 0 Å². The van der Waals surface area contributed by atoms with Crippen LogP contribution in [0, 0.1) is 0 Å². The molecule has 0 aliphatic carbocycles. The Morgan fingerprint density at radius 2 is 2.16 bits per heavy atom. The van der Waals surface area contributed by atoms with Gasteiger partial charge in [0.05, 0.1) is 12.1 Å². The third kappa shape index (κ3) is 3.52. The number of carbonyl (C=O) groups is 2. The van der Waals surface area contributed by atoms with Gasteiger partial charge in [0.25, 0.3) is 0 Å². The van der Waals surface area contributed by atoms with Crippen molar-refractivity contribution in [2.45, 2.75) is 51.2 Å². The molecule has 2 rings (SSSR count). The molecule has 0 radical (unpaired) electrons. The normalized spacial score (nSPS) is 27.7. The molecule has 2 amide bonds. The first kappa shape index (κ1) is 14.0. The summed E-state index contributed by atoms with van der Waals surface area (Å²) >= 11 is 0. The second-order valence-corrected chi connectivity index (χ2v) is 6.30. The molecule has 2 aliphatic rings. The molecule has 108 valence electrons. The van der Waals surface area contributed by atoms with Gasteiger partial charge in [-0.2, -0.15) is 0 Å². The summed E-state index contributed by atoms with van der Waals surface area (Å²) in [6, 6.07) is 0. The Morgan fingerprint density at radius 3 is 2.79 bits per heavy atom. The summed E-state index contributed by atoms with van der Waals surface area (Å²) in [6.45, 7) is 7.13. The number of alkyl carbamates (subject to hydrolysis) is 1. The molecule has 6 heteroatoms. The fraction of sp³-hybridized carbons (Fsp3) is 0.846. The van der Waals surface area contributed by atoms with E-state index >= 15 is 0 Å². The number of nitrogens with zero attached hydrogens (tertiary/aromatic N) is 1. The molecule has 6 nitrogen and oxygen atoms in total. The van der Waals surface area contributed by atoms with Crippen molar-refractivity contribution in [3.05, 3.63) is 0 Å². The quantitative estimate of drug-likeness (QED) is 0.730. The molecular weight excluding hydrogens is 248 g/mol. The van der Waals surface area contributed by atoms with E-state index in [0.29, 0.717) is 19.7 Å². The van der Waals surface area contributed by atoms with Crippen LogP contribution in [0.2, 0.25) is 0 Å². The summed E-state index contributed by atoms with van der Waals surface area (Å²) in [5.41, 5.74) is -0.842. The van der Waals surface area contributed by atoms with Crippen molar-refractivity contribution >= 4 is 12.2 Å². The molecule has 1 spiro atoms. The number of carbonyl (C=O) groups excluding carboxylic acids is 2. The average molecular weight is 270 g/mol. The Balaban J connectivity index is 2.00. The van der Waals surface area contributed by atoms with E-state index < -0.39 is 11.7 Å². The Kier molecular flexibility index (Phi) is 3.60. The van der Waals surface area contributed by atoms with Gasteiger partial charge in [-0.05, 0) is 33.6 Å². The number of hydrogen-bond donors (Lipinski definition) is 1. The summed E-state index contributed by atoms with van der Waals surface area (Å²) in [4.78, 5) is 25.1. The molecule has 2 fully saturated rings. The number of hydrogen-bond acceptors (Lipinski definition) is 4. The number of rotatable bonds is 0. The first-order chi connectivity index (χ1) is 8.80. The lowest BCUT2D eigenvalue weighted by molar-refractivity contribution is 0.00114. The van der Waals surface area contributed by atoms with E-state index in [1.807, 2.05) is 20.8 Å². The summed E-state index contributed by atoms with van der Waals surface area (Å²) in [7, 11) is 0. The number of amides is 2. The van der Waals surface area contributed by atoms with Crippen LogP contribution in [0.25, 0.3) is 0 Å². The van der Waals surface area contributed by atoms with Crippen molar-refractivity contribution in [2.75, 3.05) is 19.7 Å². The van der Waals surface area contributed by atoms with Crippen molar-refractivity contribution in [2.24, 2.45) is 0 Å². The van der Waals surface area contributed by atoms with Crippen molar-refractivity contribution < 1.29 is 19.1 Å². The minimum Gasteiger partial charge on any atom is -0.449 e. The number of ether oxygens (including phenoxy) is 2. The van der Waals surface area contributed by atoms with Gasteiger partial charge in [-0.25, -0.2) is 9.59 Å². The van der Waals surface area contributed by atoms with E-state index in [-0.39, 0.29) is 11.6 Å². The number of cyclic esters (lactones) is 1. The summed E-state index contributed by atoms with van der Waals surface area (Å²) < 4.78 is 10.3. The van der Waals surface area contributed by atoms with Gasteiger partial charge in [-0.1, -0.05) is 0 Å². The van der Waals surface area contributed by atoms with Crippen molar-refractivity contribution in [3.8, 4) is 0 Å². The Labute approximate surface area is 113 Å². The van der Waals surface area contributed by atoms with Crippen molar-refractivity contribution in [3.63, 3.8) is 0 Å². The smallest absolute Gasteiger partial charge is 0.410 e. The maximum atomic E-state index is 12.1. The van der Waals surface area contributed by atoms with E-state index in [9.17, 15) is 9.59 Å². The predicted octanol–water partition coefficient (Wildman–Crippen LogP) is 1.89. The van der Waals surface area contributed by atoms with Crippen molar-refractivity contribution in [1.82, 2.24) is 10.2 Å². The average Bonchev–Trinajstić information content (AvgIpc) is 2.26. The molecule has 0 saturated carbocycles. The van der Waals surface area contributed by atoms with Crippen LogP contribution in [0.3, 0.4) is 0 Å². The molecule has 0 aromatic rings. The van der Waals surface area contributed by atoms with E-state index in [1.54, 1.807) is 4.90 Å². The SMILES string of the molecule is CC(C)(C)OC(=O)N1CCC[C@]2(CCOC(=O)N2)C1. The summed E-state index contributed by atoms with van der Waals surface area (Å²) in [5.74, 6) is 0. The minimum atomic E-state index is -0.499. The van der Waals surface area contributed by atoms with Crippen LogP contribution in [-0.2, 0) is 9.47 Å². The first-order valence-corrected chi connectivity index (χ1v) is 6.73. The molecule has 2 saturated heterocycles. The second-order valence-electron chi connectivity index (χ2n) is 6.30. The summed E-state index contributed by atoms with van der Waals surface area (Å²) in [5, 5.41) is 2.87. The lowest BCUT2D eigenvalue weighted by Gasteiger charge is -2.44. The highest BCUT2D eigenvalue weighted by Gasteiger charge is 2.42. The Hall–Kier alpha value is -1.46. The molecular formula is C13H22N2O4. The van der Waals surface area contributed by atoms with Crippen LogP contribution in [0.4, 0.5) is 9.59 Å². The molecule has 1 N–H and O–H groups in total. The van der Waals surface area contributed by atoms with Gasteiger partial charge in [0.2, 0.25) is 0 Å². The van der Waals surface area contributed by atoms with Crippen LogP contribution in [0.15, 0.2) is 0 Å². The fourth-order valence-corrected chi connectivity index (χ4v) is 2.57. The molecule has 0 aromatic carbocycles. The maximum Gasteiger partial charge on any atom is 0.410 e. The maximum absolute atomic E-state index is 12.1. The van der Waals surface area contributed by atoms with E-state index in [2.05, 4.69) is 5.32 Å². The number of nitrogens with one attached hydrogen (secondary N) is 1. The van der Waals surface area contributed by atoms with Gasteiger partial charge >= 0.3 is 12.2 Å². The zero-order chi connectivity index (χ0) is 14.1. The second kappa shape index (κ2) is 4.90. The number of likely N-dealkylation sites (tertiary alicyclic amines) is 1. The molecule has 1 atom stereocenters. The van der Waals surface area contributed by atoms with E-state index in [4.69, 9.17) is 9.47 Å². The number of piperidine rings is 1. The molecule has 0 unspecified atom stereocenters. The standard InChI is InChI=1S/C13H22N2O4/c1-12(2,3)19-11(17)15-7-4-5-13(9-15)6-8-18-10(16)14-13/h4-9H2,1-3H3,(H,14,16)/t13-/m0/s1. The first-order valence-electron chi connectivity index (χ1n) is 6.73. The van der Waals surface area contributed by atoms with Gasteiger partial charge in [0.1, 0.15) is 5.60 Å². The van der Waals surface area contributed by atoms with Gasteiger partial charge in [0.15, 0.2) is 0 Å². The topological polar surface area (TPSA) is 67.9 Å². The monoisotopic (exact) mass is 270 g/mol. The molecule has 2 heterocycles. The lowest BCUT2D eigenvalue weighted by atomic mass is 9.85. The van der Waals surface area contributed by atoms with Gasteiger partial charge in [-0.3, -0.25) is 0 Å². The molecule has 0 aromatic heterocycles. The van der Waals surface area contributed by atoms with Crippen molar-refractivity contribution in [1.29, 1.82) is 0 Å². The van der Waals surface area contributed by atoms with E-state index in [1.165, 1.54) is 0 Å². The molecule has 0 bridgehead atoms. The van der Waals surface area contributed by atoms with Crippen LogP contribution < -0.4 is 5.32 Å². The van der Waals surface area contributed by atoms with Gasteiger partial charge in [0, 0.05) is 19.5 Å². The Morgan fingerprint density at radius 1 is 1.42 bits per heavy atom. The third-order valence-electron chi connectivity index (χ3n) is 3.41. The van der Waals surface area contributed by atoms with Crippen LogP contribution in [-0.4, -0.2) is 47.9 Å². The lowest BCUT2D eigenvalue weighted by Crippen LogP contribution is -2.62. The Bertz CT molecular complexity index is 373. The summed E-state index contributed by atoms with van der Waals surface area (Å²) in [6.07, 6.45) is 1.77. The highest BCUT2D eigenvalue weighted by atomic mass is 16.6. The zero-order valence-electron chi connectivity index (χ0n) is 11.8. The van der Waals surface area contributed by atoms with E-state index in [0.717, 1.165) is 19.3 Å². The van der Waals surface area contributed by atoms with Crippen LogP contribution in [0.1, 0.15) is 40.0 Å². The highest BCUT2D eigenvalue weighted by molar-refractivity contribution is 5.71. The highest BCUT2D eigenvalue weighted by Crippen LogP contribution is 2.28. The zero-order valence-corrected chi connectivity index (χ0v) is 11.8. The van der Waals surface area contributed by atoms with Gasteiger partial charge < -0.3 is 19.7 Å². The third-order valence-corrected chi connectivity index (χ3v) is 3.41. The largest absolute Gasteiger partial charge is 0.449 e. The van der Waals surface area contributed by atoms with Crippen LogP contribution in [0.5, 0.6) is 0 Å².